The predicted octanol–water partition coefficient (Wildman–Crippen LogP) is 3.70. The monoisotopic (exact) mass is 401 g/mol. The molecule has 2 aromatic rings. The Hall–Kier alpha value is -2.28. The van der Waals surface area contributed by atoms with Gasteiger partial charge in [0.05, 0.1) is 17.0 Å². The maximum absolute atomic E-state index is 12.6. The average Bonchev–Trinajstić information content (AvgIpc) is 3.15. The van der Waals surface area contributed by atoms with Crippen LogP contribution in [0.5, 0.6) is 0 Å². The van der Waals surface area contributed by atoms with Crippen molar-refractivity contribution in [3.05, 3.63) is 47.3 Å². The Morgan fingerprint density at radius 1 is 1.14 bits per heavy atom. The molecule has 1 aromatic heterocycles. The maximum Gasteiger partial charge on any atom is 0.252 e. The summed E-state index contributed by atoms with van der Waals surface area (Å²) in [5, 5.41) is 9.72. The van der Waals surface area contributed by atoms with Gasteiger partial charge in [-0.25, -0.2) is 0 Å². The number of aryl methyl sites for hydroxylation is 1. The van der Waals surface area contributed by atoms with E-state index < -0.39 is 0 Å². The first-order valence-corrected chi connectivity index (χ1v) is 10.8. The Morgan fingerprint density at radius 2 is 1.89 bits per heavy atom. The van der Waals surface area contributed by atoms with Gasteiger partial charge in [0.25, 0.3) is 5.91 Å². The first-order valence-electron chi connectivity index (χ1n) is 9.83. The summed E-state index contributed by atoms with van der Waals surface area (Å²) < 4.78 is 5.23. The van der Waals surface area contributed by atoms with Crippen LogP contribution >= 0.6 is 11.8 Å². The minimum Gasteiger partial charge on any atom is -0.360 e. The second-order valence-corrected chi connectivity index (χ2v) is 8.12. The van der Waals surface area contributed by atoms with Crippen LogP contribution in [0, 0.1) is 12.8 Å². The van der Waals surface area contributed by atoms with Crippen LogP contribution in [0.15, 0.2) is 39.8 Å². The molecule has 0 unspecified atom stereocenters. The average molecular weight is 402 g/mol. The van der Waals surface area contributed by atoms with Crippen molar-refractivity contribution in [1.82, 2.24) is 15.8 Å². The maximum atomic E-state index is 12.6. The first kappa shape index (κ1) is 20.5. The number of thioether (sulfide) groups is 1. The van der Waals surface area contributed by atoms with Crippen molar-refractivity contribution in [3.63, 3.8) is 0 Å². The number of nitrogens with one attached hydrogen (secondary N) is 2. The minimum atomic E-state index is -0.135. The minimum absolute atomic E-state index is 0.118. The van der Waals surface area contributed by atoms with Gasteiger partial charge in [0.15, 0.2) is 0 Å². The summed E-state index contributed by atoms with van der Waals surface area (Å²) in [6.07, 6.45) is 5.46. The second-order valence-electron chi connectivity index (χ2n) is 7.10. The van der Waals surface area contributed by atoms with Gasteiger partial charge < -0.3 is 15.2 Å². The normalized spacial score (nSPS) is 14.6. The molecule has 0 bridgehead atoms. The molecular formula is C21H27N3O3S. The van der Waals surface area contributed by atoms with Gasteiger partial charge in [-0.05, 0) is 31.9 Å². The van der Waals surface area contributed by atoms with Crippen molar-refractivity contribution in [2.45, 2.75) is 49.7 Å². The lowest BCUT2D eigenvalue weighted by molar-refractivity contribution is -0.125. The fourth-order valence-electron chi connectivity index (χ4n) is 3.38. The third-order valence-corrected chi connectivity index (χ3v) is 5.96. The Labute approximate surface area is 169 Å². The summed E-state index contributed by atoms with van der Waals surface area (Å²) in [6, 6.07) is 9.39. The van der Waals surface area contributed by atoms with Gasteiger partial charge in [-0.2, -0.15) is 0 Å². The molecule has 1 aromatic carbocycles. The highest BCUT2D eigenvalue weighted by Crippen LogP contribution is 2.26. The van der Waals surface area contributed by atoms with E-state index in [1.807, 2.05) is 37.3 Å². The molecule has 0 spiro atoms. The Bertz CT molecular complexity index is 800. The SMILES string of the molecule is Cc1cc(CSc2ccccc2C(=O)NCCNC(=O)C2CCCCC2)on1. The van der Waals surface area contributed by atoms with Crippen molar-refractivity contribution in [1.29, 1.82) is 0 Å². The lowest BCUT2D eigenvalue weighted by atomic mass is 9.89. The molecule has 1 aliphatic carbocycles. The van der Waals surface area contributed by atoms with E-state index in [9.17, 15) is 9.59 Å². The zero-order valence-corrected chi connectivity index (χ0v) is 17.0. The number of hydrogen-bond acceptors (Lipinski definition) is 5. The van der Waals surface area contributed by atoms with E-state index in [0.29, 0.717) is 24.4 Å². The summed E-state index contributed by atoms with van der Waals surface area (Å²) >= 11 is 1.54. The molecule has 7 heteroatoms. The van der Waals surface area contributed by atoms with E-state index in [0.717, 1.165) is 42.0 Å². The van der Waals surface area contributed by atoms with Crippen LogP contribution < -0.4 is 10.6 Å². The van der Waals surface area contributed by atoms with E-state index in [1.54, 1.807) is 11.8 Å². The summed E-state index contributed by atoms with van der Waals surface area (Å²) in [5.41, 5.74) is 1.47. The third kappa shape index (κ3) is 5.86. The lowest BCUT2D eigenvalue weighted by Gasteiger charge is -2.20. The highest BCUT2D eigenvalue weighted by atomic mass is 32.2. The van der Waals surface area contributed by atoms with E-state index in [4.69, 9.17) is 4.52 Å². The summed E-state index contributed by atoms with van der Waals surface area (Å²) in [4.78, 5) is 25.6. The number of rotatable bonds is 8. The van der Waals surface area contributed by atoms with Gasteiger partial charge in [0.2, 0.25) is 5.91 Å². The van der Waals surface area contributed by atoms with E-state index in [2.05, 4.69) is 15.8 Å². The van der Waals surface area contributed by atoms with Gasteiger partial charge in [0.1, 0.15) is 5.76 Å². The fourth-order valence-corrected chi connectivity index (χ4v) is 4.30. The first-order chi connectivity index (χ1) is 13.6. The van der Waals surface area contributed by atoms with Gasteiger partial charge in [-0.15, -0.1) is 11.8 Å². The molecule has 28 heavy (non-hydrogen) atoms. The van der Waals surface area contributed by atoms with Crippen LogP contribution in [0.4, 0.5) is 0 Å². The van der Waals surface area contributed by atoms with Crippen molar-refractivity contribution in [2.24, 2.45) is 5.92 Å². The van der Waals surface area contributed by atoms with Crippen molar-refractivity contribution < 1.29 is 14.1 Å². The largest absolute Gasteiger partial charge is 0.360 e. The Morgan fingerprint density at radius 3 is 2.64 bits per heavy atom. The van der Waals surface area contributed by atoms with Gasteiger partial charge >= 0.3 is 0 Å². The molecule has 150 valence electrons. The zero-order chi connectivity index (χ0) is 19.8. The third-order valence-electron chi connectivity index (χ3n) is 4.86. The molecule has 0 atom stereocenters. The molecule has 1 fully saturated rings. The molecule has 1 aliphatic rings. The van der Waals surface area contributed by atoms with Crippen molar-refractivity contribution in [2.75, 3.05) is 13.1 Å². The molecular weight excluding hydrogens is 374 g/mol. The zero-order valence-electron chi connectivity index (χ0n) is 16.2. The summed E-state index contributed by atoms with van der Waals surface area (Å²) in [5.74, 6) is 1.52. The lowest BCUT2D eigenvalue weighted by Crippen LogP contribution is -2.38. The predicted molar refractivity (Wildman–Crippen MR) is 109 cm³/mol. The number of carbonyl (C=O) groups excluding carboxylic acids is 2. The summed E-state index contributed by atoms with van der Waals surface area (Å²) in [6.45, 7) is 2.75. The molecule has 2 amide bonds. The smallest absolute Gasteiger partial charge is 0.252 e. The van der Waals surface area contributed by atoms with Crippen LogP contribution in [-0.4, -0.2) is 30.1 Å². The number of hydrogen-bond donors (Lipinski definition) is 2. The molecule has 3 rings (SSSR count). The number of carbonyl (C=O) groups is 2. The van der Waals surface area contributed by atoms with E-state index in [1.165, 1.54) is 6.42 Å². The second kappa shape index (κ2) is 10.3. The molecule has 1 saturated carbocycles. The van der Waals surface area contributed by atoms with Crippen molar-refractivity contribution >= 4 is 23.6 Å². The topological polar surface area (TPSA) is 84.2 Å². The fraction of sp³-hybridized carbons (Fsp3) is 0.476. The Kier molecular flexibility index (Phi) is 7.54. The van der Waals surface area contributed by atoms with Crippen LogP contribution in [0.3, 0.4) is 0 Å². The summed E-state index contributed by atoms with van der Waals surface area (Å²) in [7, 11) is 0. The van der Waals surface area contributed by atoms with Crippen LogP contribution in [0.1, 0.15) is 53.9 Å². The van der Waals surface area contributed by atoms with E-state index in [-0.39, 0.29) is 17.7 Å². The molecule has 0 saturated heterocycles. The van der Waals surface area contributed by atoms with Crippen LogP contribution in [0.2, 0.25) is 0 Å². The molecule has 1 heterocycles. The number of amides is 2. The molecule has 2 N–H and O–H groups in total. The quantitative estimate of drug-likeness (QED) is 0.520. The van der Waals surface area contributed by atoms with Gasteiger partial charge in [-0.3, -0.25) is 9.59 Å². The van der Waals surface area contributed by atoms with Gasteiger partial charge in [-0.1, -0.05) is 36.6 Å². The highest BCUT2D eigenvalue weighted by molar-refractivity contribution is 7.98. The van der Waals surface area contributed by atoms with Gasteiger partial charge in [0, 0.05) is 30.0 Å². The van der Waals surface area contributed by atoms with Crippen LogP contribution in [-0.2, 0) is 10.5 Å². The van der Waals surface area contributed by atoms with E-state index >= 15 is 0 Å². The standard InChI is InChI=1S/C21H27N3O3S/c1-15-13-17(27-24-15)14-28-19-10-6-5-9-18(19)21(26)23-12-11-22-20(25)16-7-3-2-4-8-16/h5-6,9-10,13,16H,2-4,7-8,11-12,14H2,1H3,(H,22,25)(H,23,26). The number of aromatic nitrogens is 1. The molecule has 0 aliphatic heterocycles. The molecule has 6 nitrogen and oxygen atoms in total. The Balaban J connectivity index is 1.45. The van der Waals surface area contributed by atoms with Crippen LogP contribution in [0.25, 0.3) is 0 Å². The number of nitrogens with zero attached hydrogens (tertiary/aromatic N) is 1. The highest BCUT2D eigenvalue weighted by Gasteiger charge is 2.20. The molecule has 0 radical (unpaired) electrons. The number of benzene rings is 1. The van der Waals surface area contributed by atoms with Crippen molar-refractivity contribution in [3.8, 4) is 0 Å².